The number of amides is 1. The number of hydrogen-bond donors (Lipinski definition) is 2. The lowest BCUT2D eigenvalue weighted by atomic mass is 10.2. The Morgan fingerprint density at radius 1 is 1.03 bits per heavy atom. The second-order valence-corrected chi connectivity index (χ2v) is 7.73. The predicted octanol–water partition coefficient (Wildman–Crippen LogP) is 5.52. The summed E-state index contributed by atoms with van der Waals surface area (Å²) in [6.07, 6.45) is 4.79. The van der Waals surface area contributed by atoms with E-state index in [2.05, 4.69) is 15.3 Å². The molecule has 10 heteroatoms. The fraction of sp³-hybridized carbons (Fsp3) is 0.0385. The van der Waals surface area contributed by atoms with Crippen molar-refractivity contribution in [1.29, 1.82) is 0 Å². The van der Waals surface area contributed by atoms with Crippen molar-refractivity contribution in [3.05, 3.63) is 118 Å². The summed E-state index contributed by atoms with van der Waals surface area (Å²) in [5.41, 5.74) is 0.842. The van der Waals surface area contributed by atoms with Crippen LogP contribution in [0.4, 0.5) is 14.5 Å². The molecule has 2 aromatic carbocycles. The summed E-state index contributed by atoms with van der Waals surface area (Å²) < 4.78 is 34.9. The van der Waals surface area contributed by atoms with Crippen LogP contribution in [0.1, 0.15) is 15.9 Å². The fourth-order valence-corrected chi connectivity index (χ4v) is 3.62. The van der Waals surface area contributed by atoms with Gasteiger partial charge in [0.2, 0.25) is 0 Å². The number of H-pyrrole nitrogens is 1. The second kappa shape index (κ2) is 10.4. The van der Waals surface area contributed by atoms with Crippen molar-refractivity contribution in [3.8, 4) is 11.5 Å². The fourth-order valence-electron chi connectivity index (χ4n) is 3.62. The van der Waals surface area contributed by atoms with Crippen molar-refractivity contribution in [3.63, 3.8) is 0 Å². The van der Waals surface area contributed by atoms with E-state index in [0.717, 1.165) is 6.07 Å². The Balaban J connectivity index is 0.00000304. The molecule has 0 saturated heterocycles. The summed E-state index contributed by atoms with van der Waals surface area (Å²) in [5.74, 6) is -1.35. The number of hydrogen-bond acceptors (Lipinski definition) is 4. The van der Waals surface area contributed by atoms with Crippen molar-refractivity contribution in [2.75, 3.05) is 5.32 Å². The molecule has 0 unspecified atom stereocenters. The molecule has 7 nitrogen and oxygen atoms in total. The van der Waals surface area contributed by atoms with Gasteiger partial charge in [0.25, 0.3) is 11.5 Å². The highest BCUT2D eigenvalue weighted by Gasteiger charge is 2.15. The third kappa shape index (κ3) is 5.11. The minimum Gasteiger partial charge on any atom is -0.453 e. The van der Waals surface area contributed by atoms with E-state index < -0.39 is 17.3 Å². The van der Waals surface area contributed by atoms with Crippen LogP contribution >= 0.6 is 12.4 Å². The number of ether oxygens (including phenoxy) is 1. The summed E-state index contributed by atoms with van der Waals surface area (Å²) in [7, 11) is 0. The molecule has 0 saturated carbocycles. The number of rotatable bonds is 6. The zero-order valence-corrected chi connectivity index (χ0v) is 19.4. The number of pyridine rings is 2. The molecule has 0 radical (unpaired) electrons. The zero-order chi connectivity index (χ0) is 24.4. The first kappa shape index (κ1) is 24.6. The molecule has 2 N–H and O–H groups in total. The molecule has 3 heterocycles. The smallest absolute Gasteiger partial charge is 0.263 e. The summed E-state index contributed by atoms with van der Waals surface area (Å²) in [6.45, 7) is 0.171. The van der Waals surface area contributed by atoms with Crippen LogP contribution in [0.3, 0.4) is 0 Å². The molecule has 0 aliphatic rings. The number of aromatic nitrogens is 3. The van der Waals surface area contributed by atoms with E-state index in [1.807, 2.05) is 0 Å². The molecule has 182 valence electrons. The second-order valence-electron chi connectivity index (χ2n) is 7.73. The number of nitrogens with one attached hydrogen (secondary N) is 2. The van der Waals surface area contributed by atoms with Gasteiger partial charge in [0.15, 0.2) is 11.6 Å². The predicted molar refractivity (Wildman–Crippen MR) is 134 cm³/mol. The van der Waals surface area contributed by atoms with E-state index in [-0.39, 0.29) is 41.8 Å². The molecular formula is C26H19ClF2N4O3. The molecule has 0 atom stereocenters. The number of carbonyl (C=O) groups excluding carboxylic acids is 1. The van der Waals surface area contributed by atoms with E-state index in [9.17, 15) is 18.4 Å². The lowest BCUT2D eigenvalue weighted by Gasteiger charge is -2.11. The molecule has 5 aromatic rings. The first-order valence-electron chi connectivity index (χ1n) is 10.6. The standard InChI is InChI=1S/C26H18F2N4O3.ClH/c27-17-5-3-16(4-6-17)15-32-13-1-2-20(26(32)34)25(33)31-18-7-8-23(21(28)14-18)35-22-10-12-30-24-19(22)9-11-29-24;/h1-14H,15H2,(H,29,30)(H,31,33);1H. The van der Waals surface area contributed by atoms with Crippen LogP contribution in [0.2, 0.25) is 0 Å². The van der Waals surface area contributed by atoms with Crippen LogP contribution < -0.4 is 15.6 Å². The first-order valence-corrected chi connectivity index (χ1v) is 10.6. The van der Waals surface area contributed by atoms with Gasteiger partial charge in [-0.1, -0.05) is 12.1 Å². The molecule has 0 aliphatic heterocycles. The number of benzene rings is 2. The molecule has 0 spiro atoms. The van der Waals surface area contributed by atoms with Crippen LogP contribution in [0.15, 0.2) is 90.1 Å². The lowest BCUT2D eigenvalue weighted by Crippen LogP contribution is -2.29. The van der Waals surface area contributed by atoms with Gasteiger partial charge >= 0.3 is 0 Å². The number of nitrogens with zero attached hydrogens (tertiary/aromatic N) is 2. The Morgan fingerprint density at radius 3 is 2.61 bits per heavy atom. The molecule has 0 fully saturated rings. The Bertz CT molecular complexity index is 1600. The zero-order valence-electron chi connectivity index (χ0n) is 18.6. The molecule has 36 heavy (non-hydrogen) atoms. The van der Waals surface area contributed by atoms with Gasteiger partial charge in [-0.15, -0.1) is 12.4 Å². The van der Waals surface area contributed by atoms with Crippen LogP contribution in [0.5, 0.6) is 11.5 Å². The molecule has 5 rings (SSSR count). The Morgan fingerprint density at radius 2 is 1.83 bits per heavy atom. The third-order valence-electron chi connectivity index (χ3n) is 5.36. The van der Waals surface area contributed by atoms with E-state index in [4.69, 9.17) is 4.74 Å². The lowest BCUT2D eigenvalue weighted by molar-refractivity contribution is 0.102. The Kier molecular flexibility index (Phi) is 7.12. The van der Waals surface area contributed by atoms with E-state index in [0.29, 0.717) is 22.3 Å². The largest absolute Gasteiger partial charge is 0.453 e. The highest BCUT2D eigenvalue weighted by Crippen LogP contribution is 2.31. The van der Waals surface area contributed by atoms with Gasteiger partial charge in [-0.05, 0) is 54.1 Å². The maximum Gasteiger partial charge on any atom is 0.263 e. The number of aromatic amines is 1. The maximum atomic E-state index is 14.7. The minimum absolute atomic E-state index is 0. The molecule has 1 amide bonds. The van der Waals surface area contributed by atoms with Gasteiger partial charge in [-0.3, -0.25) is 9.59 Å². The molecule has 0 aliphatic carbocycles. The summed E-state index contributed by atoms with van der Waals surface area (Å²) >= 11 is 0. The topological polar surface area (TPSA) is 89.0 Å². The summed E-state index contributed by atoms with van der Waals surface area (Å²) in [4.78, 5) is 32.7. The molecule has 3 aromatic heterocycles. The van der Waals surface area contributed by atoms with Crippen molar-refractivity contribution < 1.29 is 18.3 Å². The normalized spacial score (nSPS) is 10.6. The van der Waals surface area contributed by atoms with Gasteiger partial charge in [0, 0.05) is 30.3 Å². The van der Waals surface area contributed by atoms with E-state index in [1.54, 1.807) is 42.7 Å². The van der Waals surface area contributed by atoms with Crippen molar-refractivity contribution in [2.45, 2.75) is 6.54 Å². The van der Waals surface area contributed by atoms with Crippen molar-refractivity contribution in [1.82, 2.24) is 14.5 Å². The third-order valence-corrected chi connectivity index (χ3v) is 5.36. The van der Waals surface area contributed by atoms with Gasteiger partial charge in [-0.25, -0.2) is 13.8 Å². The van der Waals surface area contributed by atoms with E-state index >= 15 is 0 Å². The number of halogens is 3. The van der Waals surface area contributed by atoms with Crippen LogP contribution in [-0.2, 0) is 6.54 Å². The van der Waals surface area contributed by atoms with Crippen LogP contribution in [0, 0.1) is 11.6 Å². The first-order chi connectivity index (χ1) is 17.0. The summed E-state index contributed by atoms with van der Waals surface area (Å²) in [6, 6.07) is 16.1. The molecular weight excluding hydrogens is 490 g/mol. The van der Waals surface area contributed by atoms with E-state index in [1.165, 1.54) is 41.1 Å². The van der Waals surface area contributed by atoms with Crippen molar-refractivity contribution >= 4 is 35.0 Å². The highest BCUT2D eigenvalue weighted by molar-refractivity contribution is 6.04. The monoisotopic (exact) mass is 508 g/mol. The molecule has 0 bridgehead atoms. The maximum absolute atomic E-state index is 14.7. The van der Waals surface area contributed by atoms with Gasteiger partial charge in [0.1, 0.15) is 22.8 Å². The van der Waals surface area contributed by atoms with Crippen LogP contribution in [-0.4, -0.2) is 20.4 Å². The average molecular weight is 509 g/mol. The highest BCUT2D eigenvalue weighted by atomic mass is 35.5. The number of carbonyl (C=O) groups is 1. The minimum atomic E-state index is -0.690. The quantitative estimate of drug-likeness (QED) is 0.316. The summed E-state index contributed by atoms with van der Waals surface area (Å²) in [5, 5.41) is 3.24. The van der Waals surface area contributed by atoms with Crippen LogP contribution in [0.25, 0.3) is 11.0 Å². The number of anilines is 1. The SMILES string of the molecule is Cl.O=C(Nc1ccc(Oc2ccnc3[nH]ccc23)c(F)c1)c1cccn(Cc2ccc(F)cc2)c1=O. The van der Waals surface area contributed by atoms with Gasteiger partial charge in [0.05, 0.1) is 11.9 Å². The number of fused-ring (bicyclic) bond motifs is 1. The average Bonchev–Trinajstić information content (AvgIpc) is 3.33. The Labute approximate surface area is 209 Å². The van der Waals surface area contributed by atoms with Gasteiger partial charge < -0.3 is 19.6 Å². The van der Waals surface area contributed by atoms with Gasteiger partial charge in [-0.2, -0.15) is 0 Å². The Hall–Kier alpha value is -4.50. The van der Waals surface area contributed by atoms with Crippen molar-refractivity contribution in [2.24, 2.45) is 0 Å².